The van der Waals surface area contributed by atoms with Gasteiger partial charge in [-0.05, 0) is 5.56 Å². The first-order chi connectivity index (χ1) is 9.08. The van der Waals surface area contributed by atoms with Crippen molar-refractivity contribution in [3.8, 4) is 5.75 Å². The third-order valence-corrected chi connectivity index (χ3v) is 2.73. The Labute approximate surface area is 113 Å². The zero-order valence-corrected chi connectivity index (χ0v) is 10.4. The Balaban J connectivity index is 2.21. The minimum atomic E-state index is -0.984. The highest BCUT2D eigenvalue weighted by molar-refractivity contribution is 6.32. The number of nitro benzene ring substituents is 1. The van der Waals surface area contributed by atoms with Crippen molar-refractivity contribution in [2.24, 2.45) is 0 Å². The summed E-state index contributed by atoms with van der Waals surface area (Å²) in [6.45, 7) is 0.198. The molecule has 0 unspecified atom stereocenters. The van der Waals surface area contributed by atoms with E-state index in [0.717, 1.165) is 17.7 Å². The molecule has 2 aromatic carbocycles. The summed E-state index contributed by atoms with van der Waals surface area (Å²) in [5.74, 6) is -0.902. The van der Waals surface area contributed by atoms with Gasteiger partial charge in [0, 0.05) is 6.07 Å². The van der Waals surface area contributed by atoms with Gasteiger partial charge in [0.25, 0.3) is 0 Å². The highest BCUT2D eigenvalue weighted by Gasteiger charge is 2.18. The van der Waals surface area contributed by atoms with Crippen LogP contribution in [0.4, 0.5) is 10.1 Å². The van der Waals surface area contributed by atoms with Crippen molar-refractivity contribution >= 4 is 17.3 Å². The second-order valence-corrected chi connectivity index (χ2v) is 4.17. The first-order valence-electron chi connectivity index (χ1n) is 5.38. The zero-order valence-electron chi connectivity index (χ0n) is 9.68. The van der Waals surface area contributed by atoms with Crippen LogP contribution in [0.2, 0.25) is 5.02 Å². The van der Waals surface area contributed by atoms with Crippen LogP contribution in [0.5, 0.6) is 5.75 Å². The van der Waals surface area contributed by atoms with Crippen molar-refractivity contribution in [2.45, 2.75) is 6.61 Å². The van der Waals surface area contributed by atoms with E-state index >= 15 is 0 Å². The number of rotatable bonds is 4. The van der Waals surface area contributed by atoms with Crippen LogP contribution in [0.15, 0.2) is 42.5 Å². The Morgan fingerprint density at radius 2 is 1.95 bits per heavy atom. The number of hydrogen-bond acceptors (Lipinski definition) is 3. The summed E-state index contributed by atoms with van der Waals surface area (Å²) >= 11 is 5.78. The molecule has 2 aromatic rings. The molecule has 98 valence electrons. The molecule has 0 atom stereocenters. The normalized spacial score (nSPS) is 10.2. The number of nitro groups is 1. The molecule has 0 saturated carbocycles. The molecule has 0 aliphatic rings. The van der Waals surface area contributed by atoms with Crippen LogP contribution in [0.25, 0.3) is 0 Å². The van der Waals surface area contributed by atoms with Gasteiger partial charge >= 0.3 is 5.69 Å². The largest absolute Gasteiger partial charge is 0.487 e. The van der Waals surface area contributed by atoms with E-state index in [2.05, 4.69) is 0 Å². The van der Waals surface area contributed by atoms with Crippen molar-refractivity contribution in [3.63, 3.8) is 0 Å². The first-order valence-corrected chi connectivity index (χ1v) is 5.76. The van der Waals surface area contributed by atoms with Gasteiger partial charge in [0.15, 0.2) is 0 Å². The summed E-state index contributed by atoms with van der Waals surface area (Å²) in [6.07, 6.45) is 0. The number of nitrogens with zero attached hydrogens (tertiary/aromatic N) is 1. The number of benzene rings is 2. The van der Waals surface area contributed by atoms with E-state index in [1.165, 1.54) is 0 Å². The van der Waals surface area contributed by atoms with Gasteiger partial charge in [0.2, 0.25) is 5.82 Å². The molecular weight excluding hydrogens is 273 g/mol. The number of hydrogen-bond donors (Lipinski definition) is 0. The minimum absolute atomic E-state index is 0.000897. The molecule has 0 heterocycles. The Bertz CT molecular complexity index is 604. The number of ether oxygens (including phenoxy) is 1. The van der Waals surface area contributed by atoms with E-state index < -0.39 is 16.4 Å². The van der Waals surface area contributed by atoms with Crippen molar-refractivity contribution < 1.29 is 14.1 Å². The predicted octanol–water partition coefficient (Wildman–Crippen LogP) is 3.97. The van der Waals surface area contributed by atoms with Gasteiger partial charge in [-0.2, -0.15) is 4.39 Å². The number of halogens is 2. The molecule has 0 radical (unpaired) electrons. The lowest BCUT2D eigenvalue weighted by Gasteiger charge is -2.08. The van der Waals surface area contributed by atoms with Crippen molar-refractivity contribution in [3.05, 3.63) is 69.0 Å². The molecule has 2 rings (SSSR count). The summed E-state index contributed by atoms with van der Waals surface area (Å²) in [5, 5.41) is 10.6. The van der Waals surface area contributed by atoms with Crippen LogP contribution >= 0.6 is 11.6 Å². The van der Waals surface area contributed by atoms with Crippen LogP contribution < -0.4 is 4.74 Å². The van der Waals surface area contributed by atoms with E-state index in [9.17, 15) is 14.5 Å². The van der Waals surface area contributed by atoms with Crippen molar-refractivity contribution in [1.29, 1.82) is 0 Å². The van der Waals surface area contributed by atoms with Crippen LogP contribution in [0.3, 0.4) is 0 Å². The second kappa shape index (κ2) is 5.67. The molecule has 0 saturated heterocycles. The van der Waals surface area contributed by atoms with Gasteiger partial charge in [0.1, 0.15) is 12.4 Å². The van der Waals surface area contributed by atoms with Crippen molar-refractivity contribution in [1.82, 2.24) is 0 Å². The molecule has 0 amide bonds. The predicted molar refractivity (Wildman–Crippen MR) is 68.8 cm³/mol. The molecule has 19 heavy (non-hydrogen) atoms. The molecule has 0 aromatic heterocycles. The second-order valence-electron chi connectivity index (χ2n) is 3.77. The molecule has 0 N–H and O–H groups in total. The van der Waals surface area contributed by atoms with Gasteiger partial charge in [-0.15, -0.1) is 0 Å². The molecule has 0 bridgehead atoms. The Morgan fingerprint density at radius 3 is 2.58 bits per heavy atom. The van der Waals surface area contributed by atoms with E-state index in [-0.39, 0.29) is 17.4 Å². The van der Waals surface area contributed by atoms with Crippen LogP contribution in [-0.4, -0.2) is 4.92 Å². The monoisotopic (exact) mass is 281 g/mol. The Morgan fingerprint density at radius 1 is 1.26 bits per heavy atom. The average molecular weight is 282 g/mol. The molecular formula is C13H9ClFNO3. The summed E-state index contributed by atoms with van der Waals surface area (Å²) in [5.41, 5.74) is 0.220. The van der Waals surface area contributed by atoms with E-state index in [1.807, 2.05) is 30.3 Å². The van der Waals surface area contributed by atoms with Gasteiger partial charge < -0.3 is 4.74 Å². The summed E-state index contributed by atoms with van der Waals surface area (Å²) in [6, 6.07) is 11.1. The molecule has 0 aliphatic heterocycles. The van der Waals surface area contributed by atoms with Crippen LogP contribution in [-0.2, 0) is 6.61 Å². The summed E-state index contributed by atoms with van der Waals surface area (Å²) in [7, 11) is 0. The van der Waals surface area contributed by atoms with E-state index in [0.29, 0.717) is 0 Å². The van der Waals surface area contributed by atoms with Gasteiger partial charge in [-0.25, -0.2) is 0 Å². The SMILES string of the molecule is O=[N+]([O-])c1cc(OCc2ccccc2)c(Cl)cc1F. The van der Waals surface area contributed by atoms with E-state index in [1.54, 1.807) is 0 Å². The minimum Gasteiger partial charge on any atom is -0.487 e. The Kier molecular flexibility index (Phi) is 3.97. The molecule has 0 aliphatic carbocycles. The van der Waals surface area contributed by atoms with E-state index in [4.69, 9.17) is 16.3 Å². The Hall–Kier alpha value is -2.14. The molecule has 4 nitrogen and oxygen atoms in total. The smallest absolute Gasteiger partial charge is 0.308 e. The van der Waals surface area contributed by atoms with Gasteiger partial charge in [-0.3, -0.25) is 10.1 Å². The molecule has 0 fully saturated rings. The lowest BCUT2D eigenvalue weighted by molar-refractivity contribution is -0.387. The van der Waals surface area contributed by atoms with Gasteiger partial charge in [-0.1, -0.05) is 41.9 Å². The topological polar surface area (TPSA) is 52.4 Å². The zero-order chi connectivity index (χ0) is 13.8. The third kappa shape index (κ3) is 3.20. The first kappa shape index (κ1) is 13.3. The standard InChI is InChI=1S/C13H9ClFNO3/c14-10-6-11(15)12(16(17)18)7-13(10)19-8-9-4-2-1-3-5-9/h1-7H,8H2. The fourth-order valence-corrected chi connectivity index (χ4v) is 1.71. The molecule has 0 spiro atoms. The summed E-state index contributed by atoms with van der Waals surface area (Å²) in [4.78, 5) is 9.81. The van der Waals surface area contributed by atoms with Crippen molar-refractivity contribution in [2.75, 3.05) is 0 Å². The maximum atomic E-state index is 13.3. The highest BCUT2D eigenvalue weighted by atomic mass is 35.5. The molecule has 6 heteroatoms. The third-order valence-electron chi connectivity index (χ3n) is 2.44. The van der Waals surface area contributed by atoms with Crippen LogP contribution in [0, 0.1) is 15.9 Å². The maximum Gasteiger partial charge on any atom is 0.308 e. The fraction of sp³-hybridized carbons (Fsp3) is 0.0769. The van der Waals surface area contributed by atoms with Gasteiger partial charge in [0.05, 0.1) is 16.0 Å². The summed E-state index contributed by atoms with van der Waals surface area (Å²) < 4.78 is 18.6. The lowest BCUT2D eigenvalue weighted by atomic mass is 10.2. The maximum absolute atomic E-state index is 13.3. The average Bonchev–Trinajstić information content (AvgIpc) is 2.38. The fourth-order valence-electron chi connectivity index (χ4n) is 1.50. The quantitative estimate of drug-likeness (QED) is 0.629. The lowest BCUT2D eigenvalue weighted by Crippen LogP contribution is -1.98. The highest BCUT2D eigenvalue weighted by Crippen LogP contribution is 2.32. The van der Waals surface area contributed by atoms with Crippen LogP contribution in [0.1, 0.15) is 5.56 Å².